The summed E-state index contributed by atoms with van der Waals surface area (Å²) in [6.45, 7) is 4.68. The van der Waals surface area contributed by atoms with Crippen molar-refractivity contribution < 1.29 is 14.5 Å². The summed E-state index contributed by atoms with van der Waals surface area (Å²) >= 11 is 0. The number of aromatic nitrogens is 1. The first-order valence-corrected chi connectivity index (χ1v) is 9.17. The number of ether oxygens (including phenoxy) is 1. The Morgan fingerprint density at radius 1 is 1.17 bits per heavy atom. The summed E-state index contributed by atoms with van der Waals surface area (Å²) in [7, 11) is 0. The number of pyridine rings is 1. The second-order valence-corrected chi connectivity index (χ2v) is 6.86. The van der Waals surface area contributed by atoms with Gasteiger partial charge in [0, 0.05) is 29.1 Å². The second kappa shape index (κ2) is 8.55. The number of non-ortho nitro benzene ring substituents is 1. The van der Waals surface area contributed by atoms with Gasteiger partial charge in [0.05, 0.1) is 17.0 Å². The third-order valence-corrected chi connectivity index (χ3v) is 4.49. The lowest BCUT2D eigenvalue weighted by atomic mass is 10.0. The maximum absolute atomic E-state index is 12.5. The molecular weight excluding hydrogens is 374 g/mol. The molecule has 1 heterocycles. The van der Waals surface area contributed by atoms with Gasteiger partial charge >= 0.3 is 0 Å². The Bertz CT molecular complexity index is 1100. The van der Waals surface area contributed by atoms with Gasteiger partial charge in [0.1, 0.15) is 12.4 Å². The Labute approximate surface area is 166 Å². The summed E-state index contributed by atoms with van der Waals surface area (Å²) < 4.78 is 5.62. The van der Waals surface area contributed by atoms with Gasteiger partial charge in [0.25, 0.3) is 11.6 Å². The van der Waals surface area contributed by atoms with Gasteiger partial charge in [0.2, 0.25) is 5.56 Å². The summed E-state index contributed by atoms with van der Waals surface area (Å²) in [4.78, 5) is 37.4. The maximum atomic E-state index is 12.5. The average molecular weight is 395 g/mol. The number of fused-ring (bicyclic) bond motifs is 1. The van der Waals surface area contributed by atoms with Gasteiger partial charge in [-0.15, -0.1) is 0 Å². The highest BCUT2D eigenvalue weighted by Gasteiger charge is 2.15. The van der Waals surface area contributed by atoms with Crippen LogP contribution in [0, 0.1) is 10.1 Å². The molecule has 0 saturated heterocycles. The predicted octanol–water partition coefficient (Wildman–Crippen LogP) is 3.37. The van der Waals surface area contributed by atoms with Gasteiger partial charge in [0.15, 0.2) is 0 Å². The van der Waals surface area contributed by atoms with Crippen LogP contribution in [0.2, 0.25) is 0 Å². The first-order valence-electron chi connectivity index (χ1n) is 9.17. The zero-order valence-electron chi connectivity index (χ0n) is 16.1. The first-order chi connectivity index (χ1) is 13.8. The van der Waals surface area contributed by atoms with E-state index in [2.05, 4.69) is 24.1 Å². The largest absolute Gasteiger partial charge is 0.492 e. The van der Waals surface area contributed by atoms with E-state index in [1.165, 1.54) is 23.8 Å². The summed E-state index contributed by atoms with van der Waals surface area (Å²) in [6, 6.07) is 12.8. The Hall–Kier alpha value is -3.68. The molecule has 8 heteroatoms. The third kappa shape index (κ3) is 4.78. The van der Waals surface area contributed by atoms with E-state index in [1.807, 2.05) is 24.3 Å². The molecule has 29 heavy (non-hydrogen) atoms. The molecule has 1 aromatic heterocycles. The minimum atomic E-state index is -0.551. The zero-order chi connectivity index (χ0) is 21.0. The molecule has 2 aromatic carbocycles. The normalized spacial score (nSPS) is 10.9. The van der Waals surface area contributed by atoms with Crippen LogP contribution in [0.3, 0.4) is 0 Å². The highest BCUT2D eigenvalue weighted by molar-refractivity contribution is 6.06. The Morgan fingerprint density at radius 3 is 2.55 bits per heavy atom. The molecule has 0 unspecified atom stereocenters. The van der Waals surface area contributed by atoms with Crippen molar-refractivity contribution in [2.24, 2.45) is 0 Å². The minimum absolute atomic E-state index is 0.0775. The number of nitrogens with zero attached hydrogens (tertiary/aromatic N) is 1. The standard InChI is InChI=1S/C21H21N3O5/c1-13(2)14-3-6-16(7-4-14)29-10-9-22-21(26)18-12-20(25)23-19-8-5-15(24(27)28)11-17(18)19/h3-8,11-13H,9-10H2,1-2H3,(H,22,26)(H,23,25). The van der Waals surface area contributed by atoms with Crippen molar-refractivity contribution in [1.82, 2.24) is 10.3 Å². The number of hydrogen-bond acceptors (Lipinski definition) is 5. The number of aromatic amines is 1. The molecule has 8 nitrogen and oxygen atoms in total. The quantitative estimate of drug-likeness (QED) is 0.362. The topological polar surface area (TPSA) is 114 Å². The highest BCUT2D eigenvalue weighted by Crippen LogP contribution is 2.22. The summed E-state index contributed by atoms with van der Waals surface area (Å²) in [5, 5.41) is 14.0. The number of carbonyl (C=O) groups is 1. The third-order valence-electron chi connectivity index (χ3n) is 4.49. The van der Waals surface area contributed by atoms with E-state index in [4.69, 9.17) is 4.74 Å². The van der Waals surface area contributed by atoms with Gasteiger partial charge in [-0.1, -0.05) is 26.0 Å². The molecule has 3 rings (SSSR count). The van der Waals surface area contributed by atoms with Gasteiger partial charge < -0.3 is 15.0 Å². The molecule has 0 aliphatic carbocycles. The molecule has 150 valence electrons. The van der Waals surface area contributed by atoms with Gasteiger partial charge in [-0.05, 0) is 29.7 Å². The van der Waals surface area contributed by atoms with E-state index >= 15 is 0 Å². The number of benzene rings is 2. The van der Waals surface area contributed by atoms with Crippen LogP contribution in [-0.4, -0.2) is 29.0 Å². The van der Waals surface area contributed by atoms with Gasteiger partial charge in [-0.25, -0.2) is 0 Å². The smallest absolute Gasteiger partial charge is 0.270 e. The number of nitrogens with one attached hydrogen (secondary N) is 2. The van der Waals surface area contributed by atoms with Gasteiger partial charge in [-0.3, -0.25) is 19.7 Å². The molecule has 0 atom stereocenters. The number of hydrogen-bond donors (Lipinski definition) is 2. The van der Waals surface area contributed by atoms with Crippen molar-refractivity contribution in [2.45, 2.75) is 19.8 Å². The molecule has 2 N–H and O–H groups in total. The number of nitro benzene ring substituents is 1. The van der Waals surface area contributed by atoms with E-state index in [0.29, 0.717) is 22.6 Å². The summed E-state index contributed by atoms with van der Waals surface area (Å²) in [6.07, 6.45) is 0. The Balaban J connectivity index is 1.67. The summed E-state index contributed by atoms with van der Waals surface area (Å²) in [5.74, 6) is 0.629. The second-order valence-electron chi connectivity index (χ2n) is 6.86. The number of H-pyrrole nitrogens is 1. The van der Waals surface area contributed by atoms with Crippen molar-refractivity contribution in [1.29, 1.82) is 0 Å². The van der Waals surface area contributed by atoms with Crippen LogP contribution in [-0.2, 0) is 0 Å². The van der Waals surface area contributed by atoms with Crippen molar-refractivity contribution in [2.75, 3.05) is 13.2 Å². The van der Waals surface area contributed by atoms with Crippen LogP contribution in [0.1, 0.15) is 35.7 Å². The maximum Gasteiger partial charge on any atom is 0.270 e. The van der Waals surface area contributed by atoms with E-state index in [9.17, 15) is 19.7 Å². The fourth-order valence-corrected chi connectivity index (χ4v) is 2.92. The first kappa shape index (κ1) is 20.1. The average Bonchev–Trinajstić information content (AvgIpc) is 2.70. The predicted molar refractivity (Wildman–Crippen MR) is 110 cm³/mol. The Morgan fingerprint density at radius 2 is 1.90 bits per heavy atom. The lowest BCUT2D eigenvalue weighted by Crippen LogP contribution is -2.29. The van der Waals surface area contributed by atoms with E-state index in [0.717, 1.165) is 6.07 Å². The van der Waals surface area contributed by atoms with Crippen LogP contribution in [0.25, 0.3) is 10.9 Å². The van der Waals surface area contributed by atoms with Crippen LogP contribution >= 0.6 is 0 Å². The van der Waals surface area contributed by atoms with Crippen LogP contribution < -0.4 is 15.6 Å². The molecule has 0 aliphatic rings. The van der Waals surface area contributed by atoms with E-state index in [1.54, 1.807) is 0 Å². The molecule has 1 amide bonds. The highest BCUT2D eigenvalue weighted by atomic mass is 16.6. The van der Waals surface area contributed by atoms with Gasteiger partial charge in [-0.2, -0.15) is 0 Å². The lowest BCUT2D eigenvalue weighted by Gasteiger charge is -2.10. The number of carbonyl (C=O) groups excluding carboxylic acids is 1. The minimum Gasteiger partial charge on any atom is -0.492 e. The molecule has 0 radical (unpaired) electrons. The lowest BCUT2D eigenvalue weighted by molar-refractivity contribution is -0.384. The molecule has 0 aliphatic heterocycles. The van der Waals surface area contributed by atoms with Crippen molar-refractivity contribution >= 4 is 22.5 Å². The molecule has 3 aromatic rings. The van der Waals surface area contributed by atoms with E-state index in [-0.39, 0.29) is 24.4 Å². The van der Waals surface area contributed by atoms with Crippen molar-refractivity contribution in [3.05, 3.63) is 80.1 Å². The van der Waals surface area contributed by atoms with Crippen LogP contribution in [0.4, 0.5) is 5.69 Å². The number of nitro groups is 1. The number of rotatable bonds is 7. The molecular formula is C21H21N3O5. The van der Waals surface area contributed by atoms with Crippen LogP contribution in [0.5, 0.6) is 5.75 Å². The Kier molecular flexibility index (Phi) is 5.92. The fraction of sp³-hybridized carbons (Fsp3) is 0.238. The van der Waals surface area contributed by atoms with Crippen molar-refractivity contribution in [3.63, 3.8) is 0 Å². The molecule has 0 saturated carbocycles. The summed E-state index contributed by atoms with van der Waals surface area (Å²) in [5.41, 5.74) is 1.02. The van der Waals surface area contributed by atoms with Crippen molar-refractivity contribution in [3.8, 4) is 5.75 Å². The van der Waals surface area contributed by atoms with E-state index < -0.39 is 16.4 Å². The fourth-order valence-electron chi connectivity index (χ4n) is 2.92. The molecule has 0 fully saturated rings. The zero-order valence-corrected chi connectivity index (χ0v) is 16.1. The number of amides is 1. The molecule has 0 bridgehead atoms. The van der Waals surface area contributed by atoms with Crippen LogP contribution in [0.15, 0.2) is 53.3 Å². The molecule has 0 spiro atoms. The SMILES string of the molecule is CC(C)c1ccc(OCCNC(=O)c2cc(=O)[nH]c3ccc([N+](=O)[O-])cc23)cc1. The monoisotopic (exact) mass is 395 g/mol.